The van der Waals surface area contributed by atoms with Crippen molar-refractivity contribution in [2.75, 3.05) is 7.11 Å². The van der Waals surface area contributed by atoms with Gasteiger partial charge in [-0.2, -0.15) is 0 Å². The number of nitrogens with one attached hydrogen (secondary N) is 1. The molecule has 20 heavy (non-hydrogen) atoms. The Bertz CT molecular complexity index is 372. The highest BCUT2D eigenvalue weighted by Gasteiger charge is 2.47. The first-order chi connectivity index (χ1) is 9.05. The van der Waals surface area contributed by atoms with Crippen molar-refractivity contribution in [1.29, 1.82) is 0 Å². The van der Waals surface area contributed by atoms with Crippen molar-refractivity contribution in [1.82, 2.24) is 5.32 Å². The van der Waals surface area contributed by atoms with E-state index in [-0.39, 0.29) is 11.7 Å². The van der Waals surface area contributed by atoms with Gasteiger partial charge in [0.1, 0.15) is 11.6 Å². The largest absolute Gasteiger partial charge is 0.467 e. The van der Waals surface area contributed by atoms with Gasteiger partial charge in [0.05, 0.1) is 18.8 Å². The number of esters is 1. The molecule has 1 rings (SSSR count). The van der Waals surface area contributed by atoms with Gasteiger partial charge in [-0.1, -0.05) is 0 Å². The fourth-order valence-corrected chi connectivity index (χ4v) is 1.90. The molecule has 0 aromatic heterocycles. The van der Waals surface area contributed by atoms with Crippen molar-refractivity contribution in [2.45, 2.75) is 70.8 Å². The van der Waals surface area contributed by atoms with Crippen molar-refractivity contribution in [3.05, 3.63) is 0 Å². The molecule has 1 heterocycles. The smallest absolute Gasteiger partial charge is 0.408 e. The zero-order valence-electron chi connectivity index (χ0n) is 13.1. The van der Waals surface area contributed by atoms with E-state index < -0.39 is 23.7 Å². The van der Waals surface area contributed by atoms with Crippen LogP contribution in [-0.2, 0) is 19.0 Å². The number of epoxide rings is 1. The molecule has 6 heteroatoms. The van der Waals surface area contributed by atoms with Gasteiger partial charge in [0, 0.05) is 0 Å². The number of amides is 1. The van der Waals surface area contributed by atoms with Crippen molar-refractivity contribution in [2.24, 2.45) is 0 Å². The Kier molecular flexibility index (Phi) is 5.02. The fourth-order valence-electron chi connectivity index (χ4n) is 1.90. The summed E-state index contributed by atoms with van der Waals surface area (Å²) in [4.78, 5) is 23.4. The minimum Gasteiger partial charge on any atom is -0.467 e. The molecule has 2 atom stereocenters. The molecule has 0 radical (unpaired) electrons. The summed E-state index contributed by atoms with van der Waals surface area (Å²) in [5.74, 6) is -0.477. The predicted octanol–water partition coefficient (Wildman–Crippen LogP) is 2.01. The van der Waals surface area contributed by atoms with Crippen LogP contribution in [0.5, 0.6) is 0 Å². The molecule has 0 aromatic carbocycles. The second-order valence-corrected chi connectivity index (χ2v) is 6.51. The second kappa shape index (κ2) is 5.99. The van der Waals surface area contributed by atoms with Gasteiger partial charge in [-0.3, -0.25) is 0 Å². The first kappa shape index (κ1) is 16.8. The number of alkyl carbamates (subject to hydrolysis) is 1. The zero-order chi connectivity index (χ0) is 15.6. The van der Waals surface area contributed by atoms with Gasteiger partial charge in [-0.25, -0.2) is 9.59 Å². The van der Waals surface area contributed by atoms with Crippen LogP contribution in [0.15, 0.2) is 0 Å². The van der Waals surface area contributed by atoms with Crippen LogP contribution in [0, 0.1) is 0 Å². The van der Waals surface area contributed by atoms with E-state index in [1.165, 1.54) is 7.11 Å². The molecular weight excluding hydrogens is 262 g/mol. The first-order valence-corrected chi connectivity index (χ1v) is 6.80. The maximum atomic E-state index is 11.7. The Morgan fingerprint density at radius 1 is 1.35 bits per heavy atom. The highest BCUT2D eigenvalue weighted by Crippen LogP contribution is 2.38. The third kappa shape index (κ3) is 5.36. The Balaban J connectivity index is 2.48. The highest BCUT2D eigenvalue weighted by atomic mass is 16.6. The van der Waals surface area contributed by atoms with Crippen LogP contribution in [0.3, 0.4) is 0 Å². The van der Waals surface area contributed by atoms with Gasteiger partial charge in [0.15, 0.2) is 0 Å². The van der Waals surface area contributed by atoms with E-state index >= 15 is 0 Å². The monoisotopic (exact) mass is 287 g/mol. The quantitative estimate of drug-likeness (QED) is 0.618. The van der Waals surface area contributed by atoms with Crippen molar-refractivity contribution in [3.8, 4) is 0 Å². The lowest BCUT2D eigenvalue weighted by molar-refractivity contribution is -0.143. The molecule has 116 valence electrons. The molecule has 0 aromatic rings. The molecule has 1 N–H and O–H groups in total. The van der Waals surface area contributed by atoms with Crippen molar-refractivity contribution < 1.29 is 23.8 Å². The Morgan fingerprint density at radius 3 is 2.30 bits per heavy atom. The zero-order valence-corrected chi connectivity index (χ0v) is 13.1. The maximum absolute atomic E-state index is 11.7. The van der Waals surface area contributed by atoms with Crippen LogP contribution in [0.25, 0.3) is 0 Å². The van der Waals surface area contributed by atoms with E-state index in [9.17, 15) is 9.59 Å². The maximum Gasteiger partial charge on any atom is 0.408 e. The van der Waals surface area contributed by atoms with Crippen LogP contribution in [0.2, 0.25) is 0 Å². The third-order valence-corrected chi connectivity index (χ3v) is 3.06. The normalized spacial score (nSPS) is 21.8. The summed E-state index contributed by atoms with van der Waals surface area (Å²) in [6.45, 7) is 9.28. The van der Waals surface area contributed by atoms with Gasteiger partial charge >= 0.3 is 12.1 Å². The molecule has 1 fully saturated rings. The molecule has 1 saturated heterocycles. The Hall–Kier alpha value is -1.30. The second-order valence-electron chi connectivity index (χ2n) is 6.51. The minimum absolute atomic E-state index is 0.120. The number of ether oxygens (including phenoxy) is 3. The van der Waals surface area contributed by atoms with E-state index in [1.807, 2.05) is 13.8 Å². The SMILES string of the molecule is COC(=O)[C@@H](CCC1OC1(C)C)NC(=O)OC(C)(C)C. The highest BCUT2D eigenvalue weighted by molar-refractivity contribution is 5.81. The molecule has 1 unspecified atom stereocenters. The number of carbonyl (C=O) groups excluding carboxylic acids is 2. The van der Waals surface area contributed by atoms with Crippen LogP contribution in [-0.4, -0.2) is 42.5 Å². The molecule has 1 aliphatic rings. The van der Waals surface area contributed by atoms with Crippen LogP contribution in [0.1, 0.15) is 47.5 Å². The molecule has 0 aliphatic carbocycles. The number of hydrogen-bond acceptors (Lipinski definition) is 5. The molecule has 0 spiro atoms. The van der Waals surface area contributed by atoms with E-state index in [1.54, 1.807) is 20.8 Å². The lowest BCUT2D eigenvalue weighted by Gasteiger charge is -2.22. The third-order valence-electron chi connectivity index (χ3n) is 3.06. The van der Waals surface area contributed by atoms with Gasteiger partial charge in [-0.15, -0.1) is 0 Å². The lowest BCUT2D eigenvalue weighted by Crippen LogP contribution is -2.44. The lowest BCUT2D eigenvalue weighted by atomic mass is 10.0. The predicted molar refractivity (Wildman–Crippen MR) is 73.4 cm³/mol. The molecule has 1 aliphatic heterocycles. The van der Waals surface area contributed by atoms with Crippen molar-refractivity contribution >= 4 is 12.1 Å². The number of rotatable bonds is 5. The Morgan fingerprint density at radius 2 is 1.90 bits per heavy atom. The molecular formula is C14H25NO5. The molecule has 0 saturated carbocycles. The summed E-state index contributed by atoms with van der Waals surface area (Å²) >= 11 is 0. The average molecular weight is 287 g/mol. The number of methoxy groups -OCH3 is 1. The van der Waals surface area contributed by atoms with E-state index in [0.29, 0.717) is 12.8 Å². The summed E-state index contributed by atoms with van der Waals surface area (Å²) in [5.41, 5.74) is -0.737. The summed E-state index contributed by atoms with van der Waals surface area (Å²) in [7, 11) is 1.30. The summed E-state index contributed by atoms with van der Waals surface area (Å²) in [6.07, 6.45) is 0.640. The average Bonchev–Trinajstić information content (AvgIpc) is 2.88. The fraction of sp³-hybridized carbons (Fsp3) is 0.857. The molecule has 0 bridgehead atoms. The van der Waals surface area contributed by atoms with Crippen LogP contribution >= 0.6 is 0 Å². The standard InChI is InChI=1S/C14H25NO5/c1-13(2,3)20-12(17)15-9(11(16)18-6)7-8-10-14(4,5)19-10/h9-10H,7-8H2,1-6H3,(H,15,17)/t9-,10?/m1/s1. The number of carbonyl (C=O) groups is 2. The van der Waals surface area contributed by atoms with E-state index in [2.05, 4.69) is 5.32 Å². The Labute approximate surface area is 120 Å². The van der Waals surface area contributed by atoms with Gasteiger partial charge in [-0.05, 0) is 47.5 Å². The van der Waals surface area contributed by atoms with Crippen LogP contribution < -0.4 is 5.32 Å². The molecule has 1 amide bonds. The van der Waals surface area contributed by atoms with Gasteiger partial charge < -0.3 is 19.5 Å². The van der Waals surface area contributed by atoms with Gasteiger partial charge in [0.25, 0.3) is 0 Å². The topological polar surface area (TPSA) is 77.2 Å². The van der Waals surface area contributed by atoms with Gasteiger partial charge in [0.2, 0.25) is 0 Å². The number of hydrogen-bond donors (Lipinski definition) is 1. The molecule has 6 nitrogen and oxygen atoms in total. The summed E-state index contributed by atoms with van der Waals surface area (Å²) in [5, 5.41) is 2.54. The summed E-state index contributed by atoms with van der Waals surface area (Å²) in [6, 6.07) is -0.713. The first-order valence-electron chi connectivity index (χ1n) is 6.80. The summed E-state index contributed by atoms with van der Waals surface area (Å²) < 4.78 is 15.3. The van der Waals surface area contributed by atoms with E-state index in [4.69, 9.17) is 14.2 Å². The van der Waals surface area contributed by atoms with Crippen LogP contribution in [0.4, 0.5) is 4.79 Å². The van der Waals surface area contributed by atoms with Crippen molar-refractivity contribution in [3.63, 3.8) is 0 Å². The minimum atomic E-state index is -0.713. The van der Waals surface area contributed by atoms with E-state index in [0.717, 1.165) is 0 Å².